The third-order valence-electron chi connectivity index (χ3n) is 3.82. The molecule has 3 aromatic rings. The van der Waals surface area contributed by atoms with Crippen LogP contribution in [0.25, 0.3) is 5.69 Å². The number of para-hydroxylation sites is 2. The predicted molar refractivity (Wildman–Crippen MR) is 97.8 cm³/mol. The van der Waals surface area contributed by atoms with Gasteiger partial charge in [-0.15, -0.1) is 0 Å². The number of carbonyl (C=O) groups excluding carboxylic acids is 1. The molecular weight excluding hydrogens is 352 g/mol. The average Bonchev–Trinajstić information content (AvgIpc) is 3.15. The molecule has 0 spiro atoms. The fourth-order valence-electron chi connectivity index (χ4n) is 2.41. The highest BCUT2D eigenvalue weighted by Gasteiger charge is 2.17. The molecule has 0 radical (unpaired) electrons. The van der Waals surface area contributed by atoms with Gasteiger partial charge in [0, 0.05) is 6.42 Å². The van der Waals surface area contributed by atoms with Crippen LogP contribution in [0, 0.1) is 6.92 Å². The third-order valence-corrected chi connectivity index (χ3v) is 5.55. The summed E-state index contributed by atoms with van der Waals surface area (Å²) in [4.78, 5) is 16.4. The summed E-state index contributed by atoms with van der Waals surface area (Å²) in [5.74, 6) is -0.638. The van der Waals surface area contributed by atoms with Crippen molar-refractivity contribution in [2.45, 2.75) is 18.2 Å². The maximum Gasteiger partial charge on any atom is 0.225 e. The number of aryl methyl sites for hydroxylation is 1. The van der Waals surface area contributed by atoms with E-state index in [-0.39, 0.29) is 23.0 Å². The zero-order chi connectivity index (χ0) is 18.6. The van der Waals surface area contributed by atoms with Crippen molar-refractivity contribution in [2.75, 3.05) is 11.1 Å². The molecule has 7 nitrogen and oxygen atoms in total. The van der Waals surface area contributed by atoms with E-state index in [0.29, 0.717) is 11.4 Å². The molecule has 2 aromatic carbocycles. The zero-order valence-electron chi connectivity index (χ0n) is 14.2. The summed E-state index contributed by atoms with van der Waals surface area (Å²) in [6.45, 7) is 1.89. The van der Waals surface area contributed by atoms with Crippen molar-refractivity contribution in [1.82, 2.24) is 14.8 Å². The van der Waals surface area contributed by atoms with Gasteiger partial charge in [0.2, 0.25) is 5.91 Å². The number of hydrogen-bond donors (Lipinski definition) is 1. The molecule has 0 fully saturated rings. The minimum atomic E-state index is -3.51. The van der Waals surface area contributed by atoms with E-state index in [2.05, 4.69) is 15.4 Å². The molecule has 26 heavy (non-hydrogen) atoms. The summed E-state index contributed by atoms with van der Waals surface area (Å²) in [7, 11) is -3.51. The van der Waals surface area contributed by atoms with Crippen LogP contribution in [-0.4, -0.2) is 34.8 Å². The van der Waals surface area contributed by atoms with Crippen molar-refractivity contribution in [3.63, 3.8) is 0 Å². The molecule has 0 aliphatic carbocycles. The van der Waals surface area contributed by atoms with E-state index in [4.69, 9.17) is 0 Å². The van der Waals surface area contributed by atoms with Crippen LogP contribution in [-0.2, 0) is 14.6 Å². The number of benzene rings is 2. The van der Waals surface area contributed by atoms with E-state index in [9.17, 15) is 13.2 Å². The van der Waals surface area contributed by atoms with Gasteiger partial charge in [-0.2, -0.15) is 5.10 Å². The van der Waals surface area contributed by atoms with Crippen LogP contribution in [0.2, 0.25) is 0 Å². The molecular formula is C18H18N4O3S. The number of sulfone groups is 1. The van der Waals surface area contributed by atoms with E-state index < -0.39 is 9.84 Å². The Balaban J connectivity index is 1.68. The molecule has 0 atom stereocenters. The van der Waals surface area contributed by atoms with Crippen molar-refractivity contribution in [2.24, 2.45) is 0 Å². The standard InChI is InChI=1S/C18H18N4O3S/c1-14-6-8-15(9-7-14)26(24,25)11-10-18(23)21-16-4-2-3-5-17(16)22-13-19-12-20-22/h2-9,12-13H,10-11H2,1H3,(H,21,23). The van der Waals surface area contributed by atoms with Gasteiger partial charge in [0.05, 0.1) is 22.0 Å². The average molecular weight is 370 g/mol. The summed E-state index contributed by atoms with van der Waals surface area (Å²) < 4.78 is 26.2. The number of anilines is 1. The van der Waals surface area contributed by atoms with Crippen LogP contribution in [0.15, 0.2) is 66.1 Å². The highest BCUT2D eigenvalue weighted by molar-refractivity contribution is 7.91. The topological polar surface area (TPSA) is 94.0 Å². The molecule has 1 aromatic heterocycles. The maximum absolute atomic E-state index is 12.4. The Labute approximate surface area is 151 Å². The maximum atomic E-state index is 12.4. The van der Waals surface area contributed by atoms with E-state index in [1.807, 2.05) is 13.0 Å². The largest absolute Gasteiger partial charge is 0.324 e. The molecule has 0 aliphatic heterocycles. The van der Waals surface area contributed by atoms with Gasteiger partial charge >= 0.3 is 0 Å². The van der Waals surface area contributed by atoms with Crippen LogP contribution >= 0.6 is 0 Å². The number of amides is 1. The lowest BCUT2D eigenvalue weighted by Gasteiger charge is -2.11. The molecule has 0 saturated carbocycles. The quantitative estimate of drug-likeness (QED) is 0.719. The summed E-state index contributed by atoms with van der Waals surface area (Å²) in [6, 6.07) is 13.7. The molecule has 8 heteroatoms. The van der Waals surface area contributed by atoms with Crippen LogP contribution < -0.4 is 5.32 Å². The second kappa shape index (κ2) is 7.49. The van der Waals surface area contributed by atoms with Gasteiger partial charge < -0.3 is 5.32 Å². The number of aromatic nitrogens is 3. The van der Waals surface area contributed by atoms with E-state index >= 15 is 0 Å². The van der Waals surface area contributed by atoms with E-state index in [1.165, 1.54) is 17.3 Å². The monoisotopic (exact) mass is 370 g/mol. The van der Waals surface area contributed by atoms with Crippen LogP contribution in [0.1, 0.15) is 12.0 Å². The van der Waals surface area contributed by atoms with Gasteiger partial charge in [-0.05, 0) is 31.2 Å². The van der Waals surface area contributed by atoms with Gasteiger partial charge in [0.1, 0.15) is 12.7 Å². The molecule has 0 unspecified atom stereocenters. The van der Waals surface area contributed by atoms with Gasteiger partial charge in [-0.1, -0.05) is 29.8 Å². The van der Waals surface area contributed by atoms with Gasteiger partial charge in [-0.25, -0.2) is 18.1 Å². The number of nitrogens with zero attached hydrogens (tertiary/aromatic N) is 3. The SMILES string of the molecule is Cc1ccc(S(=O)(=O)CCC(=O)Nc2ccccc2-n2cncn2)cc1. The minimum Gasteiger partial charge on any atom is -0.324 e. The fraction of sp³-hybridized carbons (Fsp3) is 0.167. The Hall–Kier alpha value is -3.00. The first-order valence-electron chi connectivity index (χ1n) is 7.99. The highest BCUT2D eigenvalue weighted by Crippen LogP contribution is 2.19. The molecule has 3 rings (SSSR count). The van der Waals surface area contributed by atoms with Crippen LogP contribution in [0.5, 0.6) is 0 Å². The van der Waals surface area contributed by atoms with Gasteiger partial charge in [-0.3, -0.25) is 4.79 Å². The lowest BCUT2D eigenvalue weighted by molar-refractivity contribution is -0.115. The first kappa shape index (κ1) is 17.8. The van der Waals surface area contributed by atoms with E-state index in [1.54, 1.807) is 42.5 Å². The lowest BCUT2D eigenvalue weighted by Crippen LogP contribution is -2.18. The summed E-state index contributed by atoms with van der Waals surface area (Å²) in [6.07, 6.45) is 2.78. The van der Waals surface area contributed by atoms with Crippen molar-refractivity contribution in [3.05, 3.63) is 66.7 Å². The smallest absolute Gasteiger partial charge is 0.225 e. The fourth-order valence-corrected chi connectivity index (χ4v) is 3.66. The molecule has 134 valence electrons. The molecule has 0 saturated heterocycles. The van der Waals surface area contributed by atoms with E-state index in [0.717, 1.165) is 5.56 Å². The van der Waals surface area contributed by atoms with Crippen LogP contribution in [0.4, 0.5) is 5.69 Å². The van der Waals surface area contributed by atoms with Crippen LogP contribution in [0.3, 0.4) is 0 Å². The number of nitrogens with one attached hydrogen (secondary N) is 1. The molecule has 1 N–H and O–H groups in total. The lowest BCUT2D eigenvalue weighted by atomic mass is 10.2. The summed E-state index contributed by atoms with van der Waals surface area (Å²) in [5, 5.41) is 6.78. The Bertz CT molecular complexity index is 997. The first-order chi connectivity index (χ1) is 12.5. The van der Waals surface area contributed by atoms with Crippen molar-refractivity contribution >= 4 is 21.4 Å². The molecule has 1 heterocycles. The first-order valence-corrected chi connectivity index (χ1v) is 9.64. The number of hydrogen-bond acceptors (Lipinski definition) is 5. The Morgan fingerprint density at radius 1 is 1.12 bits per heavy atom. The van der Waals surface area contributed by atoms with Crippen molar-refractivity contribution < 1.29 is 13.2 Å². The van der Waals surface area contributed by atoms with Gasteiger partial charge in [0.25, 0.3) is 0 Å². The normalized spacial score (nSPS) is 11.3. The van der Waals surface area contributed by atoms with Crippen molar-refractivity contribution in [1.29, 1.82) is 0 Å². The second-order valence-corrected chi connectivity index (χ2v) is 7.90. The van der Waals surface area contributed by atoms with Gasteiger partial charge in [0.15, 0.2) is 9.84 Å². The zero-order valence-corrected chi connectivity index (χ0v) is 15.0. The van der Waals surface area contributed by atoms with Crippen molar-refractivity contribution in [3.8, 4) is 5.69 Å². The predicted octanol–water partition coefficient (Wildman–Crippen LogP) is 2.38. The second-order valence-electron chi connectivity index (χ2n) is 5.79. The minimum absolute atomic E-state index is 0.137. The molecule has 1 amide bonds. The Kier molecular flexibility index (Phi) is 5.13. The molecule has 0 bridgehead atoms. The highest BCUT2D eigenvalue weighted by atomic mass is 32.2. The summed E-state index contributed by atoms with van der Waals surface area (Å²) in [5.41, 5.74) is 2.17. The Morgan fingerprint density at radius 3 is 2.54 bits per heavy atom. The number of rotatable bonds is 6. The Morgan fingerprint density at radius 2 is 1.85 bits per heavy atom. The molecule has 0 aliphatic rings. The summed E-state index contributed by atoms with van der Waals surface area (Å²) >= 11 is 0. The third kappa shape index (κ3) is 4.15. The number of carbonyl (C=O) groups is 1.